The Balaban J connectivity index is 1.64. The number of amides is 1. The van der Waals surface area contributed by atoms with Crippen LogP contribution in [-0.2, 0) is 16.1 Å². The minimum atomic E-state index is -0.350. The summed E-state index contributed by atoms with van der Waals surface area (Å²) in [5, 5.41) is 5.87. The molecule has 1 aromatic heterocycles. The third kappa shape index (κ3) is 3.57. The Labute approximate surface area is 133 Å². The van der Waals surface area contributed by atoms with Gasteiger partial charge in [0.05, 0.1) is 18.9 Å². The van der Waals surface area contributed by atoms with Gasteiger partial charge in [0.2, 0.25) is 5.91 Å². The fourth-order valence-electron chi connectivity index (χ4n) is 2.53. The van der Waals surface area contributed by atoms with E-state index in [4.69, 9.17) is 4.74 Å². The van der Waals surface area contributed by atoms with Crippen LogP contribution in [0.4, 0.5) is 4.39 Å². The van der Waals surface area contributed by atoms with Crippen LogP contribution in [0, 0.1) is 12.7 Å². The van der Waals surface area contributed by atoms with Crippen molar-refractivity contribution in [2.75, 3.05) is 19.8 Å². The van der Waals surface area contributed by atoms with Crippen LogP contribution in [0.5, 0.6) is 0 Å². The van der Waals surface area contributed by atoms with Gasteiger partial charge in [0.25, 0.3) is 0 Å². The van der Waals surface area contributed by atoms with E-state index < -0.39 is 0 Å². The molecule has 1 aromatic carbocycles. The second-order valence-corrected chi connectivity index (χ2v) is 5.43. The number of halogens is 1. The maximum atomic E-state index is 14.3. The summed E-state index contributed by atoms with van der Waals surface area (Å²) in [5.74, 6) is 0.227. The summed E-state index contributed by atoms with van der Waals surface area (Å²) in [6, 6.07) is 4.57. The average Bonchev–Trinajstić information content (AvgIpc) is 2.99. The molecule has 3 rings (SSSR count). The SMILES string of the molecule is Cc1nccn1-c1ccc(CNC(=O)C2COCCN2)cc1F. The van der Waals surface area contributed by atoms with Gasteiger partial charge in [-0.2, -0.15) is 0 Å². The number of carbonyl (C=O) groups is 1. The van der Waals surface area contributed by atoms with E-state index in [1.807, 2.05) is 6.92 Å². The number of nitrogens with one attached hydrogen (secondary N) is 2. The molecule has 122 valence electrons. The molecule has 0 bridgehead atoms. The third-order valence-electron chi connectivity index (χ3n) is 3.80. The van der Waals surface area contributed by atoms with Crippen LogP contribution in [0.15, 0.2) is 30.6 Å². The number of hydrogen-bond acceptors (Lipinski definition) is 4. The zero-order chi connectivity index (χ0) is 16.2. The summed E-state index contributed by atoms with van der Waals surface area (Å²) in [5.41, 5.74) is 1.14. The predicted octanol–water partition coefficient (Wildman–Crippen LogP) is 0.924. The first-order valence-corrected chi connectivity index (χ1v) is 7.53. The molecule has 1 aliphatic rings. The minimum Gasteiger partial charge on any atom is -0.378 e. The van der Waals surface area contributed by atoms with Crippen LogP contribution in [-0.4, -0.2) is 41.3 Å². The number of hydrogen-bond donors (Lipinski definition) is 2. The third-order valence-corrected chi connectivity index (χ3v) is 3.80. The predicted molar refractivity (Wildman–Crippen MR) is 82.7 cm³/mol. The molecular weight excluding hydrogens is 299 g/mol. The van der Waals surface area contributed by atoms with Gasteiger partial charge in [-0.1, -0.05) is 6.07 Å². The smallest absolute Gasteiger partial charge is 0.239 e. The molecule has 2 aromatic rings. The molecule has 2 heterocycles. The summed E-state index contributed by atoms with van der Waals surface area (Å²) in [7, 11) is 0. The second-order valence-electron chi connectivity index (χ2n) is 5.43. The van der Waals surface area contributed by atoms with Gasteiger partial charge in [0, 0.05) is 25.5 Å². The van der Waals surface area contributed by atoms with Crippen molar-refractivity contribution in [3.05, 3.63) is 47.8 Å². The minimum absolute atomic E-state index is 0.139. The highest BCUT2D eigenvalue weighted by atomic mass is 19.1. The molecule has 1 saturated heterocycles. The molecule has 1 atom stereocenters. The second kappa shape index (κ2) is 6.89. The molecule has 23 heavy (non-hydrogen) atoms. The van der Waals surface area contributed by atoms with Gasteiger partial charge in [-0.15, -0.1) is 0 Å². The Hall–Kier alpha value is -2.25. The number of rotatable bonds is 4. The number of imidazole rings is 1. The van der Waals surface area contributed by atoms with E-state index in [1.54, 1.807) is 29.1 Å². The lowest BCUT2D eigenvalue weighted by molar-refractivity contribution is -0.126. The van der Waals surface area contributed by atoms with E-state index in [0.717, 1.165) is 0 Å². The van der Waals surface area contributed by atoms with Gasteiger partial charge in [0.15, 0.2) is 0 Å². The van der Waals surface area contributed by atoms with E-state index in [2.05, 4.69) is 15.6 Å². The number of morpholine rings is 1. The first-order valence-electron chi connectivity index (χ1n) is 7.53. The molecule has 7 heteroatoms. The van der Waals surface area contributed by atoms with Crippen molar-refractivity contribution in [3.63, 3.8) is 0 Å². The molecule has 0 saturated carbocycles. The molecule has 0 radical (unpaired) electrons. The maximum absolute atomic E-state index is 14.3. The Kier molecular flexibility index (Phi) is 4.68. The molecular formula is C16H19FN4O2. The van der Waals surface area contributed by atoms with Crippen molar-refractivity contribution in [2.24, 2.45) is 0 Å². The molecule has 0 spiro atoms. The van der Waals surface area contributed by atoms with Crippen molar-refractivity contribution in [2.45, 2.75) is 19.5 Å². The van der Waals surface area contributed by atoms with Crippen LogP contribution in [0.25, 0.3) is 5.69 Å². The van der Waals surface area contributed by atoms with Crippen molar-refractivity contribution in [1.82, 2.24) is 20.2 Å². The highest BCUT2D eigenvalue weighted by Crippen LogP contribution is 2.16. The Bertz CT molecular complexity index is 695. The van der Waals surface area contributed by atoms with Gasteiger partial charge >= 0.3 is 0 Å². The van der Waals surface area contributed by atoms with E-state index in [9.17, 15) is 9.18 Å². The number of aromatic nitrogens is 2. The number of aryl methyl sites for hydroxylation is 1. The van der Waals surface area contributed by atoms with E-state index in [1.165, 1.54) is 6.07 Å². The molecule has 1 amide bonds. The summed E-state index contributed by atoms with van der Waals surface area (Å²) in [6.07, 6.45) is 3.34. The summed E-state index contributed by atoms with van der Waals surface area (Å²) in [6.45, 7) is 3.72. The standard InChI is InChI=1S/C16H19FN4O2/c1-11-18-4-6-21(11)15-3-2-12(8-13(15)17)9-20-16(22)14-10-23-7-5-19-14/h2-4,6,8,14,19H,5,7,9-10H2,1H3,(H,20,22). The van der Waals surface area contributed by atoms with Gasteiger partial charge in [0.1, 0.15) is 17.7 Å². The van der Waals surface area contributed by atoms with Gasteiger partial charge in [-0.3, -0.25) is 4.79 Å². The largest absolute Gasteiger partial charge is 0.378 e. The maximum Gasteiger partial charge on any atom is 0.239 e. The lowest BCUT2D eigenvalue weighted by atomic mass is 10.1. The quantitative estimate of drug-likeness (QED) is 0.880. The molecule has 0 aliphatic carbocycles. The zero-order valence-electron chi connectivity index (χ0n) is 12.9. The van der Waals surface area contributed by atoms with Crippen LogP contribution in [0.3, 0.4) is 0 Å². The molecule has 2 N–H and O–H groups in total. The van der Waals surface area contributed by atoms with Crippen molar-refractivity contribution < 1.29 is 13.9 Å². The first-order chi connectivity index (χ1) is 11.1. The lowest BCUT2D eigenvalue weighted by Gasteiger charge is -2.22. The number of carbonyl (C=O) groups excluding carboxylic acids is 1. The summed E-state index contributed by atoms with van der Waals surface area (Å²) < 4.78 is 21.2. The lowest BCUT2D eigenvalue weighted by Crippen LogP contribution is -2.51. The number of nitrogens with zero attached hydrogens (tertiary/aromatic N) is 2. The topological polar surface area (TPSA) is 68.2 Å². The van der Waals surface area contributed by atoms with Crippen molar-refractivity contribution in [3.8, 4) is 5.69 Å². The fourth-order valence-corrected chi connectivity index (χ4v) is 2.53. The summed E-state index contributed by atoms with van der Waals surface area (Å²) >= 11 is 0. The van der Waals surface area contributed by atoms with Gasteiger partial charge < -0.3 is 19.9 Å². The number of benzene rings is 1. The highest BCUT2D eigenvalue weighted by Gasteiger charge is 2.20. The van der Waals surface area contributed by atoms with Crippen LogP contribution in [0.1, 0.15) is 11.4 Å². The molecule has 6 nitrogen and oxygen atoms in total. The fraction of sp³-hybridized carbons (Fsp3) is 0.375. The highest BCUT2D eigenvalue weighted by molar-refractivity contribution is 5.81. The van der Waals surface area contributed by atoms with Gasteiger partial charge in [-0.25, -0.2) is 9.37 Å². The summed E-state index contributed by atoms with van der Waals surface area (Å²) in [4.78, 5) is 16.1. The van der Waals surface area contributed by atoms with E-state index >= 15 is 0 Å². The zero-order valence-corrected chi connectivity index (χ0v) is 12.9. The van der Waals surface area contributed by atoms with Crippen LogP contribution < -0.4 is 10.6 Å². The van der Waals surface area contributed by atoms with E-state index in [0.29, 0.717) is 36.8 Å². The molecule has 1 unspecified atom stereocenters. The van der Waals surface area contributed by atoms with Crippen molar-refractivity contribution in [1.29, 1.82) is 0 Å². The molecule has 1 fully saturated rings. The monoisotopic (exact) mass is 318 g/mol. The molecule has 1 aliphatic heterocycles. The number of ether oxygens (including phenoxy) is 1. The normalized spacial score (nSPS) is 17.9. The Morgan fingerprint density at radius 1 is 1.57 bits per heavy atom. The van der Waals surface area contributed by atoms with Crippen LogP contribution in [0.2, 0.25) is 0 Å². The van der Waals surface area contributed by atoms with E-state index in [-0.39, 0.29) is 24.3 Å². The first kappa shape index (κ1) is 15.6. The average molecular weight is 318 g/mol. The van der Waals surface area contributed by atoms with Gasteiger partial charge in [-0.05, 0) is 24.6 Å². The van der Waals surface area contributed by atoms with Crippen molar-refractivity contribution >= 4 is 5.91 Å². The Morgan fingerprint density at radius 2 is 2.43 bits per heavy atom. The van der Waals surface area contributed by atoms with Crippen LogP contribution >= 0.6 is 0 Å². The Morgan fingerprint density at radius 3 is 3.09 bits per heavy atom.